The van der Waals surface area contributed by atoms with Crippen molar-refractivity contribution in [3.05, 3.63) is 65.0 Å². The van der Waals surface area contributed by atoms with Gasteiger partial charge in [-0.05, 0) is 38.2 Å². The normalized spacial score (nSPS) is 16.4. The number of nitrogens with zero attached hydrogens (tertiary/aromatic N) is 6. The molecule has 0 radical (unpaired) electrons. The number of esters is 1. The number of para-hydroxylation sites is 1. The Morgan fingerprint density at radius 3 is 2.41 bits per heavy atom. The van der Waals surface area contributed by atoms with Crippen LogP contribution >= 0.6 is 0 Å². The number of hydrogen-bond acceptors (Lipinski definition) is 7. The average molecular weight is 665 g/mol. The first-order chi connectivity index (χ1) is 24.0. The van der Waals surface area contributed by atoms with Crippen molar-refractivity contribution in [1.82, 2.24) is 34.6 Å². The summed E-state index contributed by atoms with van der Waals surface area (Å²) in [6.45, 7) is 0.00178. The minimum absolute atomic E-state index is 0.116. The molecule has 2 N–H and O–H groups in total. The third-order valence-electron chi connectivity index (χ3n) is 9.92. The Kier molecular flexibility index (Phi) is 9.72. The molecule has 2 aliphatic carbocycles. The number of amides is 1. The fourth-order valence-electron chi connectivity index (χ4n) is 7.41. The van der Waals surface area contributed by atoms with Crippen molar-refractivity contribution < 1.29 is 14.3 Å². The van der Waals surface area contributed by atoms with Gasteiger partial charge in [0.05, 0.1) is 16.9 Å². The maximum Gasteiger partial charge on any atom is 0.333 e. The highest BCUT2D eigenvalue weighted by molar-refractivity contribution is 6.07. The van der Waals surface area contributed by atoms with E-state index in [2.05, 4.69) is 20.9 Å². The van der Waals surface area contributed by atoms with Gasteiger partial charge in [0.2, 0.25) is 5.91 Å². The highest BCUT2D eigenvalue weighted by Crippen LogP contribution is 2.29. The van der Waals surface area contributed by atoms with E-state index in [0.717, 1.165) is 67.8 Å². The second kappa shape index (κ2) is 14.6. The third-order valence-corrected chi connectivity index (χ3v) is 9.92. The number of amidine groups is 1. The van der Waals surface area contributed by atoms with Crippen LogP contribution in [-0.2, 0) is 27.9 Å². The molecule has 2 aromatic carbocycles. The number of carbonyl (C=O) groups excluding carboxylic acids is 2. The summed E-state index contributed by atoms with van der Waals surface area (Å²) in [6, 6.07) is 18.1. The summed E-state index contributed by atoms with van der Waals surface area (Å²) in [5.41, 5.74) is 3.39. The van der Waals surface area contributed by atoms with Crippen LogP contribution in [0, 0.1) is 0 Å². The maximum atomic E-state index is 14.2. The summed E-state index contributed by atoms with van der Waals surface area (Å²) < 4.78 is 11.1. The van der Waals surface area contributed by atoms with Gasteiger partial charge in [0.1, 0.15) is 12.2 Å². The number of nitrogens with one attached hydrogen (secondary N) is 2. The second-order valence-electron chi connectivity index (χ2n) is 13.3. The van der Waals surface area contributed by atoms with Crippen LogP contribution in [0.1, 0.15) is 77.0 Å². The Hall–Kier alpha value is -5.00. The van der Waals surface area contributed by atoms with Crippen LogP contribution in [0.3, 0.4) is 0 Å². The van der Waals surface area contributed by atoms with Gasteiger partial charge in [-0.3, -0.25) is 14.2 Å². The lowest BCUT2D eigenvalue weighted by molar-refractivity contribution is -0.137. The Labute approximate surface area is 284 Å². The van der Waals surface area contributed by atoms with E-state index in [1.165, 1.54) is 12.8 Å². The van der Waals surface area contributed by atoms with E-state index in [0.29, 0.717) is 28.8 Å². The number of rotatable bonds is 9. The standard InChI is InChI=1S/C37H44N8O4/c1-43-29-21-12-11-20-28(29)32-34(43)45-35(33(41-42-45)25-14-5-2-6-15-25)44(36(32)48)23-13-22-30(46)38-24-31(47)49-37(39-26-16-7-3-8-17-26)40-27-18-9-4-10-19-27/h2,5-6,11-12,14-15,20-21,26-27H,3-4,7-10,13,16-19,22-24H2,1H3,(H,38,46)(H,39,40). The van der Waals surface area contributed by atoms with Crippen LogP contribution in [0.2, 0.25) is 0 Å². The van der Waals surface area contributed by atoms with Gasteiger partial charge in [0.25, 0.3) is 11.6 Å². The van der Waals surface area contributed by atoms with E-state index in [1.54, 1.807) is 9.08 Å². The van der Waals surface area contributed by atoms with Gasteiger partial charge in [0, 0.05) is 37.0 Å². The van der Waals surface area contributed by atoms with Crippen LogP contribution in [0.25, 0.3) is 38.8 Å². The molecule has 0 aliphatic heterocycles. The number of hydrogen-bond donors (Lipinski definition) is 2. The second-order valence-corrected chi connectivity index (χ2v) is 13.3. The molecular formula is C37H44N8O4. The fraction of sp³-hybridized carbons (Fsp3) is 0.459. The molecule has 3 aromatic heterocycles. The molecule has 2 saturated carbocycles. The van der Waals surface area contributed by atoms with Gasteiger partial charge < -0.3 is 19.9 Å². The number of fused-ring (bicyclic) bond motifs is 5. The summed E-state index contributed by atoms with van der Waals surface area (Å²) >= 11 is 0. The molecule has 12 heteroatoms. The molecule has 0 spiro atoms. The molecule has 0 atom stereocenters. The van der Waals surface area contributed by atoms with Crippen molar-refractivity contribution >= 4 is 45.5 Å². The molecule has 5 aromatic rings. The molecule has 256 valence electrons. The van der Waals surface area contributed by atoms with Gasteiger partial charge in [-0.1, -0.05) is 92.3 Å². The molecule has 2 fully saturated rings. The molecule has 3 heterocycles. The first kappa shape index (κ1) is 32.5. The fourth-order valence-corrected chi connectivity index (χ4v) is 7.41. The maximum absolute atomic E-state index is 14.2. The Morgan fingerprint density at radius 2 is 1.63 bits per heavy atom. The minimum Gasteiger partial charge on any atom is -0.391 e. The van der Waals surface area contributed by atoms with E-state index in [1.807, 2.05) is 66.2 Å². The molecule has 1 amide bonds. The molecule has 2 aliphatic rings. The van der Waals surface area contributed by atoms with E-state index < -0.39 is 5.97 Å². The quantitative estimate of drug-likeness (QED) is 0.125. The molecule has 0 unspecified atom stereocenters. The summed E-state index contributed by atoms with van der Waals surface area (Å²) in [5, 5.41) is 16.5. The van der Waals surface area contributed by atoms with Crippen molar-refractivity contribution in [2.45, 2.75) is 95.7 Å². The lowest BCUT2D eigenvalue weighted by Crippen LogP contribution is -2.41. The van der Waals surface area contributed by atoms with Crippen LogP contribution in [-0.4, -0.2) is 60.5 Å². The zero-order chi connectivity index (χ0) is 33.7. The first-order valence-electron chi connectivity index (χ1n) is 17.7. The van der Waals surface area contributed by atoms with Gasteiger partial charge >= 0.3 is 5.97 Å². The van der Waals surface area contributed by atoms with Crippen molar-refractivity contribution in [2.24, 2.45) is 12.0 Å². The van der Waals surface area contributed by atoms with Crippen molar-refractivity contribution in [1.29, 1.82) is 0 Å². The van der Waals surface area contributed by atoms with Crippen LogP contribution in [0.4, 0.5) is 0 Å². The summed E-state index contributed by atoms with van der Waals surface area (Å²) in [5.74, 6) is -0.850. The number of carbonyl (C=O) groups is 2. The smallest absolute Gasteiger partial charge is 0.333 e. The first-order valence-corrected chi connectivity index (χ1v) is 17.7. The van der Waals surface area contributed by atoms with Crippen LogP contribution < -0.4 is 16.2 Å². The molecule has 12 nitrogen and oxygen atoms in total. The third kappa shape index (κ3) is 6.95. The molecule has 0 saturated heterocycles. The number of aryl methyl sites for hydroxylation is 2. The number of aliphatic imine (C=N–C) groups is 1. The highest BCUT2D eigenvalue weighted by atomic mass is 16.6. The molecule has 49 heavy (non-hydrogen) atoms. The summed E-state index contributed by atoms with van der Waals surface area (Å²) in [7, 11) is 1.92. The van der Waals surface area contributed by atoms with Gasteiger partial charge in [-0.2, -0.15) is 4.52 Å². The van der Waals surface area contributed by atoms with Gasteiger partial charge in [-0.15, -0.1) is 5.10 Å². The zero-order valence-electron chi connectivity index (χ0n) is 28.1. The summed E-state index contributed by atoms with van der Waals surface area (Å²) in [6.07, 6.45) is 11.5. The average Bonchev–Trinajstić information content (AvgIpc) is 3.69. The van der Waals surface area contributed by atoms with Gasteiger partial charge in [-0.25, -0.2) is 9.79 Å². The van der Waals surface area contributed by atoms with Crippen molar-refractivity contribution in [3.63, 3.8) is 0 Å². The SMILES string of the molecule is Cn1c2ccccc2c2c(=O)n(CCCC(=O)NCC(=O)OC(=NC3CCCCC3)NC3CCCCC3)c3c(-c4ccccc4)nnn3c21. The van der Waals surface area contributed by atoms with Crippen LogP contribution in [0.5, 0.6) is 0 Å². The topological polar surface area (TPSA) is 137 Å². The van der Waals surface area contributed by atoms with Crippen LogP contribution in [0.15, 0.2) is 64.4 Å². The predicted molar refractivity (Wildman–Crippen MR) is 189 cm³/mol. The summed E-state index contributed by atoms with van der Waals surface area (Å²) in [4.78, 5) is 44.8. The number of aromatic nitrogens is 5. The molecular weight excluding hydrogens is 620 g/mol. The van der Waals surface area contributed by atoms with E-state index in [4.69, 9.17) is 9.73 Å². The predicted octanol–water partition coefficient (Wildman–Crippen LogP) is 5.25. The van der Waals surface area contributed by atoms with E-state index in [9.17, 15) is 14.4 Å². The van der Waals surface area contributed by atoms with Gasteiger partial charge in [0.15, 0.2) is 11.3 Å². The van der Waals surface area contributed by atoms with E-state index in [-0.39, 0.29) is 49.1 Å². The van der Waals surface area contributed by atoms with Crippen molar-refractivity contribution in [2.75, 3.05) is 6.54 Å². The minimum atomic E-state index is -0.552. The molecule has 7 rings (SSSR count). The lowest BCUT2D eigenvalue weighted by Gasteiger charge is -2.25. The monoisotopic (exact) mass is 664 g/mol. The zero-order valence-corrected chi connectivity index (χ0v) is 28.1. The Morgan fingerprint density at radius 1 is 0.918 bits per heavy atom. The lowest BCUT2D eigenvalue weighted by atomic mass is 9.95. The Balaban J connectivity index is 1.05. The van der Waals surface area contributed by atoms with E-state index >= 15 is 0 Å². The number of benzene rings is 2. The van der Waals surface area contributed by atoms with Crippen molar-refractivity contribution in [3.8, 4) is 11.3 Å². The highest BCUT2D eigenvalue weighted by Gasteiger charge is 2.24. The molecule has 0 bridgehead atoms. The largest absolute Gasteiger partial charge is 0.391 e. The number of ether oxygens (including phenoxy) is 1. The Bertz CT molecular complexity index is 2050.